The molecule has 2 aliphatic heterocycles. The van der Waals surface area contributed by atoms with Crippen molar-refractivity contribution in [2.75, 3.05) is 24.2 Å². The molecule has 3 aliphatic rings. The van der Waals surface area contributed by atoms with E-state index in [1.54, 1.807) is 22.5 Å². The Kier molecular flexibility index (Phi) is 8.32. The van der Waals surface area contributed by atoms with Crippen LogP contribution in [0.4, 0.5) is 14.5 Å². The Morgan fingerprint density at radius 1 is 1.23 bits per heavy atom. The fraction of sp³-hybridized carbons (Fsp3) is 0.552. The summed E-state index contributed by atoms with van der Waals surface area (Å²) in [5, 5.41) is 16.3. The van der Waals surface area contributed by atoms with Crippen molar-refractivity contribution in [3.63, 3.8) is 0 Å². The van der Waals surface area contributed by atoms with Crippen molar-refractivity contribution in [2.45, 2.75) is 75.6 Å². The molecule has 1 unspecified atom stereocenters. The molecule has 2 heterocycles. The van der Waals surface area contributed by atoms with Gasteiger partial charge in [-0.15, -0.1) is 0 Å². The predicted molar refractivity (Wildman–Crippen MR) is 149 cm³/mol. The van der Waals surface area contributed by atoms with Crippen LogP contribution in [0, 0.1) is 17.0 Å². The van der Waals surface area contributed by atoms with Crippen molar-refractivity contribution in [3.8, 4) is 0 Å². The minimum absolute atomic E-state index is 0.117. The van der Waals surface area contributed by atoms with E-state index in [4.69, 9.17) is 5.73 Å². The van der Waals surface area contributed by atoms with Gasteiger partial charge < -0.3 is 21.5 Å². The smallest absolute Gasteiger partial charge is 0.241 e. The first-order chi connectivity index (χ1) is 19.0. The minimum Gasteiger partial charge on any atom is -0.393 e. The van der Waals surface area contributed by atoms with Gasteiger partial charge in [0.15, 0.2) is 0 Å². The van der Waals surface area contributed by atoms with Crippen molar-refractivity contribution in [1.29, 1.82) is 0 Å². The number of carbonyl (C=O) groups is 1. The van der Waals surface area contributed by atoms with Crippen LogP contribution in [0.3, 0.4) is 0 Å². The highest BCUT2D eigenvalue weighted by Gasteiger charge is 2.49. The number of hydrogen-bond acceptors (Lipinski definition) is 6. The van der Waals surface area contributed by atoms with Crippen LogP contribution in [-0.4, -0.2) is 66.8 Å². The molecule has 11 heteroatoms. The second-order valence-corrected chi connectivity index (χ2v) is 13.9. The van der Waals surface area contributed by atoms with Crippen molar-refractivity contribution in [3.05, 3.63) is 65.2 Å². The zero-order chi connectivity index (χ0) is 28.7. The third-order valence-corrected chi connectivity index (χ3v) is 10.9. The molecule has 1 aliphatic carbocycles. The zero-order valence-electron chi connectivity index (χ0n) is 22.7. The highest BCUT2D eigenvalue weighted by molar-refractivity contribution is 7.89. The summed E-state index contributed by atoms with van der Waals surface area (Å²) < 4.78 is 56.0. The van der Waals surface area contributed by atoms with Gasteiger partial charge in [0, 0.05) is 42.3 Å². The van der Waals surface area contributed by atoms with Gasteiger partial charge in [0.05, 0.1) is 17.9 Å². The number of nitrogens with two attached hydrogens (primary N) is 1. The van der Waals surface area contributed by atoms with Gasteiger partial charge in [0.1, 0.15) is 11.6 Å². The number of aliphatic hydroxyl groups excluding tert-OH is 1. The molecule has 8 nitrogen and oxygen atoms in total. The summed E-state index contributed by atoms with van der Waals surface area (Å²) in [5.74, 6) is -1.79. The lowest BCUT2D eigenvalue weighted by Crippen LogP contribution is -2.57. The molecular weight excluding hydrogens is 538 g/mol. The molecule has 5 N–H and O–H groups in total. The van der Waals surface area contributed by atoms with Crippen LogP contribution < -0.4 is 16.4 Å². The van der Waals surface area contributed by atoms with Gasteiger partial charge >= 0.3 is 0 Å². The van der Waals surface area contributed by atoms with Crippen LogP contribution in [0.1, 0.15) is 56.1 Å². The van der Waals surface area contributed by atoms with E-state index in [0.29, 0.717) is 49.9 Å². The molecule has 1 amide bonds. The molecule has 2 saturated heterocycles. The Hall–Kier alpha value is -2.44. The van der Waals surface area contributed by atoms with Gasteiger partial charge in [-0.3, -0.25) is 4.79 Å². The predicted octanol–water partition coefficient (Wildman–Crippen LogP) is 2.87. The molecule has 3 fully saturated rings. The van der Waals surface area contributed by atoms with Crippen LogP contribution in [0.5, 0.6) is 0 Å². The summed E-state index contributed by atoms with van der Waals surface area (Å²) in [6, 6.07) is 9.08. The Bertz CT molecular complexity index is 1330. The Morgan fingerprint density at radius 2 is 1.95 bits per heavy atom. The number of fused-ring (bicyclic) bond motifs is 2. The lowest BCUT2D eigenvalue weighted by atomic mass is 9.57. The van der Waals surface area contributed by atoms with E-state index in [2.05, 4.69) is 10.6 Å². The van der Waals surface area contributed by atoms with Crippen LogP contribution in [0.2, 0.25) is 0 Å². The fourth-order valence-electron chi connectivity index (χ4n) is 6.84. The van der Waals surface area contributed by atoms with Crippen LogP contribution in [0.15, 0.2) is 42.5 Å². The number of carbonyl (C=O) groups excluding carboxylic acids is 1. The summed E-state index contributed by atoms with van der Waals surface area (Å²) in [5.41, 5.74) is 7.34. The molecule has 2 bridgehead atoms. The van der Waals surface area contributed by atoms with Crippen molar-refractivity contribution in [2.24, 2.45) is 11.1 Å². The first-order valence-corrected chi connectivity index (χ1v) is 15.6. The molecule has 1 saturated carbocycles. The average molecular weight is 577 g/mol. The minimum atomic E-state index is -3.38. The van der Waals surface area contributed by atoms with E-state index in [1.807, 2.05) is 6.92 Å². The van der Waals surface area contributed by atoms with Crippen LogP contribution in [0.25, 0.3) is 0 Å². The largest absolute Gasteiger partial charge is 0.393 e. The molecule has 0 spiro atoms. The first kappa shape index (κ1) is 29.1. The van der Waals surface area contributed by atoms with E-state index < -0.39 is 51.0 Å². The molecule has 2 aromatic carbocycles. The van der Waals surface area contributed by atoms with E-state index in [-0.39, 0.29) is 29.9 Å². The molecule has 5 atom stereocenters. The number of sulfonamides is 1. The molecular formula is C29H38F2N4O4S. The van der Waals surface area contributed by atoms with Crippen molar-refractivity contribution >= 4 is 21.6 Å². The van der Waals surface area contributed by atoms with Gasteiger partial charge in [-0.1, -0.05) is 25.1 Å². The summed E-state index contributed by atoms with van der Waals surface area (Å²) >= 11 is 0. The topological polar surface area (TPSA) is 125 Å². The normalized spacial score (nSPS) is 30.9. The zero-order valence-corrected chi connectivity index (χ0v) is 23.5. The van der Waals surface area contributed by atoms with Crippen molar-refractivity contribution in [1.82, 2.24) is 9.62 Å². The highest BCUT2D eigenvalue weighted by Crippen LogP contribution is 2.52. The molecule has 218 valence electrons. The number of halogens is 2. The molecule has 2 aromatic rings. The maximum atomic E-state index is 15.1. The maximum Gasteiger partial charge on any atom is 0.241 e. The molecule has 0 aromatic heterocycles. The Balaban J connectivity index is 1.33. The summed E-state index contributed by atoms with van der Waals surface area (Å²) in [4.78, 5) is 13.5. The number of amides is 1. The second-order valence-electron chi connectivity index (χ2n) is 11.9. The number of benzene rings is 2. The van der Waals surface area contributed by atoms with Gasteiger partial charge in [0.25, 0.3) is 0 Å². The molecule has 5 rings (SSSR count). The third-order valence-electron chi connectivity index (χ3n) is 8.91. The van der Waals surface area contributed by atoms with E-state index in [1.165, 1.54) is 24.3 Å². The monoisotopic (exact) mass is 576 g/mol. The van der Waals surface area contributed by atoms with Gasteiger partial charge in [0.2, 0.25) is 15.9 Å². The average Bonchev–Trinajstić information content (AvgIpc) is 3.00. The number of nitrogens with one attached hydrogen (secondary N) is 2. The van der Waals surface area contributed by atoms with E-state index >= 15 is 4.39 Å². The highest BCUT2D eigenvalue weighted by atomic mass is 32.2. The Labute approximate surface area is 234 Å². The summed E-state index contributed by atoms with van der Waals surface area (Å²) in [6.45, 7) is 2.86. The lowest BCUT2D eigenvalue weighted by molar-refractivity contribution is -0.120. The molecule has 0 radical (unpaired) electrons. The second kappa shape index (κ2) is 11.4. The van der Waals surface area contributed by atoms with E-state index in [9.17, 15) is 22.7 Å². The molecule has 40 heavy (non-hydrogen) atoms. The number of anilines is 1. The van der Waals surface area contributed by atoms with Crippen molar-refractivity contribution < 1.29 is 27.1 Å². The van der Waals surface area contributed by atoms with Gasteiger partial charge in [-0.2, -0.15) is 4.31 Å². The van der Waals surface area contributed by atoms with Gasteiger partial charge in [-0.05, 0) is 73.8 Å². The summed E-state index contributed by atoms with van der Waals surface area (Å²) in [6.07, 6.45) is 2.46. The lowest BCUT2D eigenvalue weighted by Gasteiger charge is -2.50. The number of piperazine rings is 1. The third kappa shape index (κ3) is 5.94. The number of hydrogen-bond donors (Lipinski definition) is 4. The summed E-state index contributed by atoms with van der Waals surface area (Å²) in [7, 11) is -3.38. The number of nitrogens with zero attached hydrogens (tertiary/aromatic N) is 1. The maximum absolute atomic E-state index is 15.1. The number of rotatable bonds is 8. The quantitative estimate of drug-likeness (QED) is 0.383. The first-order valence-electron chi connectivity index (χ1n) is 14.0. The van der Waals surface area contributed by atoms with Crippen LogP contribution in [-0.2, 0) is 21.2 Å². The fourth-order valence-corrected chi connectivity index (χ4v) is 8.64. The SMILES string of the molecule is C[C@]1([C@H](c2ccc(F)cc2)[C@H](N)C(=O)Nc2cccc(F)c2CC[C@H]2CN[C@@H]3CCCS(=O)(=O)N2C3)C[C@@H](O)C1. The van der Waals surface area contributed by atoms with Crippen LogP contribution >= 0.6 is 0 Å². The standard InChI is InChI=1S/C29H38F2N4O4S/c1-29(14-22(36)15-29)26(18-7-9-19(30)10-8-18)27(32)28(37)34-25-6-2-5-24(31)23(25)12-11-21-16-33-20-4-3-13-40(38,39)35(21)17-20/h2,5-10,20-22,26-27,33,36H,3-4,11-17,32H2,1H3,(H,34,37)/t20-,21+,22-,26-,27+,29+/m1/s1. The van der Waals surface area contributed by atoms with Gasteiger partial charge in [-0.25, -0.2) is 17.2 Å². The number of aliphatic hydroxyl groups is 1. The van der Waals surface area contributed by atoms with E-state index in [0.717, 1.165) is 6.42 Å². The Morgan fingerprint density at radius 3 is 2.65 bits per heavy atom.